The number of hydrogen-bond acceptors (Lipinski definition) is 4. The van der Waals surface area contributed by atoms with Gasteiger partial charge in [0.15, 0.2) is 11.5 Å². The zero-order chi connectivity index (χ0) is 16.2. The Hall–Kier alpha value is -2.44. The van der Waals surface area contributed by atoms with Gasteiger partial charge in [-0.25, -0.2) is 4.79 Å². The van der Waals surface area contributed by atoms with Gasteiger partial charge in [0.25, 0.3) is 0 Å². The number of ether oxygens (including phenoxy) is 2. The van der Waals surface area contributed by atoms with E-state index >= 15 is 0 Å². The minimum atomic E-state index is -0.0991. The third-order valence-electron chi connectivity index (χ3n) is 4.28. The van der Waals surface area contributed by atoms with E-state index in [-0.39, 0.29) is 24.6 Å². The van der Waals surface area contributed by atoms with Crippen LogP contribution in [0.5, 0.6) is 11.5 Å². The fraction of sp³-hybridized carbons (Fsp3) is 0.500. The third-order valence-corrected chi connectivity index (χ3v) is 4.28. The Morgan fingerprint density at radius 1 is 1.22 bits per heavy atom. The molecule has 23 heavy (non-hydrogen) atoms. The van der Waals surface area contributed by atoms with E-state index in [1.807, 2.05) is 18.2 Å². The Bertz CT molecular complexity index is 597. The highest BCUT2D eigenvalue weighted by atomic mass is 16.7. The number of hydrogen-bond donors (Lipinski definition) is 2. The normalized spacial score (nSPS) is 17.0. The van der Waals surface area contributed by atoms with E-state index in [4.69, 9.17) is 9.47 Å². The Labute approximate surface area is 134 Å². The molecule has 3 rings (SSSR count). The van der Waals surface area contributed by atoms with Gasteiger partial charge in [-0.05, 0) is 30.5 Å². The summed E-state index contributed by atoms with van der Waals surface area (Å²) in [6.07, 6.45) is 1.41. The summed E-state index contributed by atoms with van der Waals surface area (Å²) in [4.78, 5) is 25.6. The van der Waals surface area contributed by atoms with Crippen molar-refractivity contribution in [2.45, 2.75) is 19.4 Å². The van der Waals surface area contributed by atoms with Crippen molar-refractivity contribution in [2.24, 2.45) is 5.92 Å². The van der Waals surface area contributed by atoms with Gasteiger partial charge < -0.3 is 25.0 Å². The molecule has 1 saturated heterocycles. The molecule has 2 aliphatic rings. The van der Waals surface area contributed by atoms with Crippen LogP contribution in [-0.2, 0) is 11.3 Å². The van der Waals surface area contributed by atoms with Crippen LogP contribution in [0, 0.1) is 5.92 Å². The van der Waals surface area contributed by atoms with Crippen molar-refractivity contribution in [2.75, 3.05) is 26.9 Å². The van der Waals surface area contributed by atoms with E-state index in [9.17, 15) is 9.59 Å². The van der Waals surface area contributed by atoms with Crippen molar-refractivity contribution in [3.05, 3.63) is 23.8 Å². The number of rotatable bonds is 3. The first-order valence-electron chi connectivity index (χ1n) is 7.80. The highest BCUT2D eigenvalue weighted by molar-refractivity contribution is 5.79. The second kappa shape index (κ2) is 6.76. The molecular formula is C16H21N3O4. The number of carbonyl (C=O) groups is 2. The monoisotopic (exact) mass is 319 g/mol. The Morgan fingerprint density at radius 3 is 2.70 bits per heavy atom. The molecule has 2 aliphatic heterocycles. The van der Waals surface area contributed by atoms with Crippen LogP contribution in [0.15, 0.2) is 18.2 Å². The lowest BCUT2D eigenvalue weighted by atomic mass is 9.96. The molecule has 7 heteroatoms. The standard InChI is InChI=1S/C16H21N3O4/c1-17-15(20)12-4-6-19(7-5-12)16(21)18-9-11-2-3-13-14(8-11)23-10-22-13/h2-3,8,12H,4-7,9-10H2,1H3,(H,17,20)(H,18,21). The zero-order valence-electron chi connectivity index (χ0n) is 13.1. The van der Waals surface area contributed by atoms with Gasteiger partial charge in [0.2, 0.25) is 12.7 Å². The SMILES string of the molecule is CNC(=O)C1CCN(C(=O)NCc2ccc3c(c2)OCO3)CC1. The highest BCUT2D eigenvalue weighted by Crippen LogP contribution is 2.32. The summed E-state index contributed by atoms with van der Waals surface area (Å²) >= 11 is 0. The molecule has 0 saturated carbocycles. The number of nitrogens with one attached hydrogen (secondary N) is 2. The van der Waals surface area contributed by atoms with Crippen LogP contribution in [-0.4, -0.2) is 43.8 Å². The van der Waals surface area contributed by atoms with Crippen LogP contribution >= 0.6 is 0 Å². The van der Waals surface area contributed by atoms with Crippen molar-refractivity contribution in [1.82, 2.24) is 15.5 Å². The summed E-state index contributed by atoms with van der Waals surface area (Å²) in [6.45, 7) is 1.88. The van der Waals surface area contributed by atoms with Crippen LogP contribution < -0.4 is 20.1 Å². The van der Waals surface area contributed by atoms with E-state index in [0.29, 0.717) is 38.2 Å². The lowest BCUT2D eigenvalue weighted by Crippen LogP contribution is -2.46. The van der Waals surface area contributed by atoms with Crippen LogP contribution in [0.1, 0.15) is 18.4 Å². The van der Waals surface area contributed by atoms with Crippen molar-refractivity contribution >= 4 is 11.9 Å². The number of benzene rings is 1. The average molecular weight is 319 g/mol. The molecule has 0 radical (unpaired) electrons. The number of fused-ring (bicyclic) bond motifs is 1. The maximum atomic E-state index is 12.2. The topological polar surface area (TPSA) is 79.9 Å². The molecule has 0 aromatic heterocycles. The van der Waals surface area contributed by atoms with Crippen LogP contribution in [0.2, 0.25) is 0 Å². The summed E-state index contributed by atoms with van der Waals surface area (Å²) in [6, 6.07) is 5.53. The largest absolute Gasteiger partial charge is 0.454 e. The molecule has 0 unspecified atom stereocenters. The molecule has 124 valence electrons. The maximum absolute atomic E-state index is 12.2. The van der Waals surface area contributed by atoms with Gasteiger partial charge in [-0.2, -0.15) is 0 Å². The van der Waals surface area contributed by atoms with Gasteiger partial charge in [-0.1, -0.05) is 6.07 Å². The molecule has 7 nitrogen and oxygen atoms in total. The molecular weight excluding hydrogens is 298 g/mol. The van der Waals surface area contributed by atoms with Crippen molar-refractivity contribution < 1.29 is 19.1 Å². The van der Waals surface area contributed by atoms with E-state index in [1.54, 1.807) is 11.9 Å². The smallest absolute Gasteiger partial charge is 0.317 e. The molecule has 1 aromatic rings. The lowest BCUT2D eigenvalue weighted by Gasteiger charge is -2.31. The van der Waals surface area contributed by atoms with Gasteiger partial charge in [0.1, 0.15) is 0 Å². The zero-order valence-corrected chi connectivity index (χ0v) is 13.1. The fourth-order valence-corrected chi connectivity index (χ4v) is 2.89. The molecule has 0 spiro atoms. The van der Waals surface area contributed by atoms with Crippen LogP contribution in [0.25, 0.3) is 0 Å². The summed E-state index contributed by atoms with van der Waals surface area (Å²) in [5.41, 5.74) is 0.961. The van der Waals surface area contributed by atoms with Crippen LogP contribution in [0.4, 0.5) is 4.79 Å². The van der Waals surface area contributed by atoms with Gasteiger partial charge in [0.05, 0.1) is 0 Å². The number of likely N-dealkylation sites (tertiary alicyclic amines) is 1. The molecule has 0 aliphatic carbocycles. The quantitative estimate of drug-likeness (QED) is 0.874. The minimum absolute atomic E-state index is 0.0120. The van der Waals surface area contributed by atoms with Gasteiger partial charge >= 0.3 is 6.03 Å². The minimum Gasteiger partial charge on any atom is -0.454 e. The predicted octanol–water partition coefficient (Wildman–Crippen LogP) is 1.08. The Balaban J connectivity index is 1.48. The molecule has 0 bridgehead atoms. The second-order valence-electron chi connectivity index (χ2n) is 5.72. The molecule has 1 fully saturated rings. The first kappa shape index (κ1) is 15.5. The molecule has 0 atom stereocenters. The van der Waals surface area contributed by atoms with Gasteiger partial charge in [0, 0.05) is 32.6 Å². The van der Waals surface area contributed by atoms with E-state index in [2.05, 4.69) is 10.6 Å². The fourth-order valence-electron chi connectivity index (χ4n) is 2.89. The summed E-state index contributed by atoms with van der Waals surface area (Å²) in [7, 11) is 1.65. The second-order valence-corrected chi connectivity index (χ2v) is 5.72. The number of amides is 3. The molecule has 1 aromatic carbocycles. The molecule has 2 N–H and O–H groups in total. The van der Waals surface area contributed by atoms with Crippen molar-refractivity contribution in [3.63, 3.8) is 0 Å². The third kappa shape index (κ3) is 3.49. The summed E-state index contributed by atoms with van der Waals surface area (Å²) in [5, 5.41) is 5.57. The number of piperidine rings is 1. The lowest BCUT2D eigenvalue weighted by molar-refractivity contribution is -0.125. The van der Waals surface area contributed by atoms with Crippen molar-refractivity contribution in [1.29, 1.82) is 0 Å². The van der Waals surface area contributed by atoms with E-state index in [1.165, 1.54) is 0 Å². The van der Waals surface area contributed by atoms with Gasteiger partial charge in [-0.15, -0.1) is 0 Å². The number of carbonyl (C=O) groups excluding carboxylic acids is 2. The average Bonchev–Trinajstić information content (AvgIpc) is 3.06. The Morgan fingerprint density at radius 2 is 1.96 bits per heavy atom. The molecule has 2 heterocycles. The number of urea groups is 1. The van der Waals surface area contributed by atoms with E-state index in [0.717, 1.165) is 11.3 Å². The van der Waals surface area contributed by atoms with Crippen molar-refractivity contribution in [3.8, 4) is 11.5 Å². The first-order valence-corrected chi connectivity index (χ1v) is 7.80. The molecule has 3 amide bonds. The highest BCUT2D eigenvalue weighted by Gasteiger charge is 2.26. The summed E-state index contributed by atoms with van der Waals surface area (Å²) in [5.74, 6) is 1.52. The van der Waals surface area contributed by atoms with Gasteiger partial charge in [-0.3, -0.25) is 4.79 Å². The predicted molar refractivity (Wildman–Crippen MR) is 83.2 cm³/mol. The first-order chi connectivity index (χ1) is 11.2. The maximum Gasteiger partial charge on any atom is 0.317 e. The Kier molecular flexibility index (Phi) is 4.55. The van der Waals surface area contributed by atoms with E-state index < -0.39 is 0 Å². The summed E-state index contributed by atoms with van der Waals surface area (Å²) < 4.78 is 10.6. The van der Waals surface area contributed by atoms with Crippen LogP contribution in [0.3, 0.4) is 0 Å². The number of nitrogens with zero attached hydrogens (tertiary/aromatic N) is 1.